The van der Waals surface area contributed by atoms with Crippen molar-refractivity contribution in [1.82, 2.24) is 9.78 Å². The quantitative estimate of drug-likeness (QED) is 0.815. The van der Waals surface area contributed by atoms with E-state index >= 15 is 0 Å². The van der Waals surface area contributed by atoms with E-state index in [-0.39, 0.29) is 5.82 Å². The van der Waals surface area contributed by atoms with Crippen LogP contribution in [0.25, 0.3) is 0 Å². The summed E-state index contributed by atoms with van der Waals surface area (Å²) in [6, 6.07) is 6.08. The molecule has 2 aromatic rings. The fraction of sp³-hybridized carbons (Fsp3) is 0.182. The van der Waals surface area contributed by atoms with Gasteiger partial charge in [0, 0.05) is 12.7 Å². The minimum Gasteiger partial charge on any atom is -0.394 e. The topological polar surface area (TPSA) is 55.9 Å². The predicted octanol–water partition coefficient (Wildman–Crippen LogP) is 2.19. The lowest BCUT2D eigenvalue weighted by atomic mass is 10.3. The Hall–Kier alpha value is -2.04. The maximum absolute atomic E-state index is 12.7. The number of nitrogens with one attached hydrogen (secondary N) is 1. The van der Waals surface area contributed by atoms with Gasteiger partial charge in [-0.15, -0.1) is 0 Å². The van der Waals surface area contributed by atoms with Gasteiger partial charge in [-0.05, 0) is 31.2 Å². The van der Waals surface area contributed by atoms with Crippen LogP contribution >= 0.6 is 0 Å². The molecule has 0 unspecified atom stereocenters. The highest BCUT2D eigenvalue weighted by molar-refractivity contribution is 5.70. The summed E-state index contributed by atoms with van der Waals surface area (Å²) in [6.45, 7) is 1.84. The van der Waals surface area contributed by atoms with Crippen LogP contribution < -0.4 is 11.1 Å². The lowest BCUT2D eigenvalue weighted by Crippen LogP contribution is -2.01. The Kier molecular flexibility index (Phi) is 2.52. The first-order valence-electron chi connectivity index (χ1n) is 4.89. The largest absolute Gasteiger partial charge is 0.394 e. The van der Waals surface area contributed by atoms with Crippen LogP contribution in [0.1, 0.15) is 5.69 Å². The molecule has 0 bridgehead atoms. The van der Waals surface area contributed by atoms with Crippen molar-refractivity contribution in [3.8, 4) is 0 Å². The zero-order chi connectivity index (χ0) is 11.7. The molecule has 1 aromatic carbocycles. The molecule has 16 heavy (non-hydrogen) atoms. The normalized spacial score (nSPS) is 10.4. The van der Waals surface area contributed by atoms with Crippen LogP contribution in [0.2, 0.25) is 0 Å². The van der Waals surface area contributed by atoms with E-state index in [1.807, 2.05) is 6.92 Å². The van der Waals surface area contributed by atoms with Crippen LogP contribution in [0, 0.1) is 12.7 Å². The maximum atomic E-state index is 12.7. The number of benzene rings is 1. The molecule has 0 saturated carbocycles. The van der Waals surface area contributed by atoms with Crippen LogP contribution in [-0.4, -0.2) is 9.78 Å². The average molecular weight is 220 g/mol. The van der Waals surface area contributed by atoms with Crippen LogP contribution in [0.5, 0.6) is 0 Å². The molecule has 0 fully saturated rings. The SMILES string of the molecule is Cc1nn(C)c(Nc2ccc(F)cc2)c1N. The number of halogens is 1. The van der Waals surface area contributed by atoms with Gasteiger partial charge in [-0.25, -0.2) is 4.39 Å². The Balaban J connectivity index is 2.30. The van der Waals surface area contributed by atoms with Gasteiger partial charge < -0.3 is 11.1 Å². The van der Waals surface area contributed by atoms with E-state index in [4.69, 9.17) is 5.73 Å². The van der Waals surface area contributed by atoms with Gasteiger partial charge in [0.05, 0.1) is 11.4 Å². The van der Waals surface area contributed by atoms with Crippen LogP contribution in [0.4, 0.5) is 21.6 Å². The van der Waals surface area contributed by atoms with Crippen molar-refractivity contribution in [1.29, 1.82) is 0 Å². The molecule has 0 saturated heterocycles. The number of hydrogen-bond donors (Lipinski definition) is 2. The molecule has 0 spiro atoms. The summed E-state index contributed by atoms with van der Waals surface area (Å²) >= 11 is 0. The Morgan fingerprint density at radius 1 is 1.31 bits per heavy atom. The van der Waals surface area contributed by atoms with Crippen molar-refractivity contribution in [2.45, 2.75) is 6.92 Å². The van der Waals surface area contributed by atoms with Crippen molar-refractivity contribution < 1.29 is 4.39 Å². The Labute approximate surface area is 92.9 Å². The summed E-state index contributed by atoms with van der Waals surface area (Å²) in [7, 11) is 1.80. The monoisotopic (exact) mass is 220 g/mol. The molecule has 1 heterocycles. The second-order valence-electron chi connectivity index (χ2n) is 3.60. The summed E-state index contributed by atoms with van der Waals surface area (Å²) in [6.07, 6.45) is 0. The van der Waals surface area contributed by atoms with Gasteiger partial charge in [-0.1, -0.05) is 0 Å². The Morgan fingerprint density at radius 2 is 1.94 bits per heavy atom. The minimum absolute atomic E-state index is 0.264. The number of nitrogens with two attached hydrogens (primary N) is 1. The Bertz CT molecular complexity index is 501. The van der Waals surface area contributed by atoms with E-state index < -0.39 is 0 Å². The van der Waals surface area contributed by atoms with E-state index in [2.05, 4.69) is 10.4 Å². The second kappa shape index (κ2) is 3.84. The molecule has 2 rings (SSSR count). The number of nitrogens with zero attached hydrogens (tertiary/aromatic N) is 2. The number of nitrogen functional groups attached to an aromatic ring is 1. The van der Waals surface area contributed by atoms with E-state index in [1.54, 1.807) is 23.9 Å². The maximum Gasteiger partial charge on any atom is 0.152 e. The first-order valence-corrected chi connectivity index (χ1v) is 4.89. The van der Waals surface area contributed by atoms with Crippen molar-refractivity contribution in [3.63, 3.8) is 0 Å². The van der Waals surface area contributed by atoms with Gasteiger partial charge >= 0.3 is 0 Å². The lowest BCUT2D eigenvalue weighted by molar-refractivity contribution is 0.628. The molecule has 0 aliphatic heterocycles. The standard InChI is InChI=1S/C11H13FN4/c1-7-10(13)11(16(2)15-7)14-9-5-3-8(12)4-6-9/h3-6,14H,13H2,1-2H3. The summed E-state index contributed by atoms with van der Waals surface area (Å²) in [4.78, 5) is 0. The van der Waals surface area contributed by atoms with Gasteiger partial charge in [0.15, 0.2) is 5.82 Å². The van der Waals surface area contributed by atoms with Gasteiger partial charge in [0.1, 0.15) is 5.82 Å². The first-order chi connectivity index (χ1) is 7.58. The molecular weight excluding hydrogens is 207 g/mol. The van der Waals surface area contributed by atoms with Gasteiger partial charge in [0.2, 0.25) is 0 Å². The molecule has 0 radical (unpaired) electrons. The highest BCUT2D eigenvalue weighted by Gasteiger charge is 2.09. The van der Waals surface area contributed by atoms with Crippen LogP contribution in [0.15, 0.2) is 24.3 Å². The van der Waals surface area contributed by atoms with E-state index in [9.17, 15) is 4.39 Å². The summed E-state index contributed by atoms with van der Waals surface area (Å²) in [5.41, 5.74) is 8.01. The van der Waals surface area contributed by atoms with Crippen molar-refractivity contribution in [2.75, 3.05) is 11.1 Å². The van der Waals surface area contributed by atoms with E-state index in [0.29, 0.717) is 11.5 Å². The minimum atomic E-state index is -0.264. The van der Waals surface area contributed by atoms with E-state index in [0.717, 1.165) is 11.4 Å². The third kappa shape index (κ3) is 1.84. The molecule has 5 heteroatoms. The lowest BCUT2D eigenvalue weighted by Gasteiger charge is -2.07. The highest BCUT2D eigenvalue weighted by Crippen LogP contribution is 2.24. The summed E-state index contributed by atoms with van der Waals surface area (Å²) in [5, 5.41) is 7.28. The third-order valence-corrected chi connectivity index (χ3v) is 2.38. The van der Waals surface area contributed by atoms with Crippen molar-refractivity contribution >= 4 is 17.2 Å². The third-order valence-electron chi connectivity index (χ3n) is 2.38. The number of hydrogen-bond acceptors (Lipinski definition) is 3. The molecule has 0 atom stereocenters. The molecule has 4 nitrogen and oxygen atoms in total. The second-order valence-corrected chi connectivity index (χ2v) is 3.60. The van der Waals surface area contributed by atoms with Crippen molar-refractivity contribution in [3.05, 3.63) is 35.8 Å². The Morgan fingerprint density at radius 3 is 2.44 bits per heavy atom. The van der Waals surface area contributed by atoms with Crippen LogP contribution in [-0.2, 0) is 7.05 Å². The number of anilines is 3. The summed E-state index contributed by atoms with van der Waals surface area (Å²) in [5.74, 6) is 0.448. The van der Waals surface area contributed by atoms with Crippen molar-refractivity contribution in [2.24, 2.45) is 7.05 Å². The van der Waals surface area contributed by atoms with Gasteiger partial charge in [-0.3, -0.25) is 4.68 Å². The fourth-order valence-electron chi connectivity index (χ4n) is 1.49. The molecule has 3 N–H and O–H groups in total. The predicted molar refractivity (Wildman–Crippen MR) is 62.0 cm³/mol. The molecule has 1 aromatic heterocycles. The first kappa shape index (κ1) is 10.5. The average Bonchev–Trinajstić information content (AvgIpc) is 2.48. The van der Waals surface area contributed by atoms with E-state index in [1.165, 1.54) is 12.1 Å². The number of aryl methyl sites for hydroxylation is 2. The van der Waals surface area contributed by atoms with Gasteiger partial charge in [-0.2, -0.15) is 5.10 Å². The number of aromatic nitrogens is 2. The zero-order valence-electron chi connectivity index (χ0n) is 9.16. The zero-order valence-corrected chi connectivity index (χ0v) is 9.16. The molecule has 84 valence electrons. The molecule has 0 aliphatic rings. The van der Waals surface area contributed by atoms with Crippen LogP contribution in [0.3, 0.4) is 0 Å². The summed E-state index contributed by atoms with van der Waals surface area (Å²) < 4.78 is 14.4. The highest BCUT2D eigenvalue weighted by atomic mass is 19.1. The number of rotatable bonds is 2. The fourth-order valence-corrected chi connectivity index (χ4v) is 1.49. The molecular formula is C11H13FN4. The smallest absolute Gasteiger partial charge is 0.152 e. The molecule has 0 aliphatic carbocycles. The molecule has 0 amide bonds. The van der Waals surface area contributed by atoms with Gasteiger partial charge in [0.25, 0.3) is 0 Å².